The number of amides is 2. The normalized spacial score (nSPS) is 9.72. The van der Waals surface area contributed by atoms with Crippen molar-refractivity contribution in [3.63, 3.8) is 0 Å². The van der Waals surface area contributed by atoms with Crippen LogP contribution >= 0.6 is 0 Å². The topological polar surface area (TPSA) is 67.9 Å². The summed E-state index contributed by atoms with van der Waals surface area (Å²) in [6.45, 7) is 1.33. The zero-order chi connectivity index (χ0) is 13.5. The van der Waals surface area contributed by atoms with E-state index < -0.39 is 0 Å². The van der Waals surface area contributed by atoms with Gasteiger partial charge in [0.05, 0.1) is 7.11 Å². The largest absolute Gasteiger partial charge is 0.484 e. The van der Waals surface area contributed by atoms with Crippen LogP contribution < -0.4 is 10.1 Å². The maximum Gasteiger partial charge on any atom is 0.283 e. The molecular formula is C12H16N2O4. The average molecular weight is 252 g/mol. The van der Waals surface area contributed by atoms with Crippen molar-refractivity contribution in [2.45, 2.75) is 6.92 Å². The van der Waals surface area contributed by atoms with Crippen LogP contribution in [0.15, 0.2) is 24.3 Å². The highest BCUT2D eigenvalue weighted by Gasteiger charge is 2.08. The molecule has 0 saturated carbocycles. The van der Waals surface area contributed by atoms with Crippen molar-refractivity contribution < 1.29 is 19.2 Å². The second kappa shape index (κ2) is 6.61. The summed E-state index contributed by atoms with van der Waals surface area (Å²) in [6, 6.07) is 6.74. The van der Waals surface area contributed by atoms with E-state index in [0.717, 1.165) is 5.06 Å². The Kier molecular flexibility index (Phi) is 5.13. The number of hydrogen-bond donors (Lipinski definition) is 1. The lowest BCUT2D eigenvalue weighted by molar-refractivity contribution is -0.170. The van der Waals surface area contributed by atoms with E-state index in [1.165, 1.54) is 21.1 Å². The number of nitrogens with one attached hydrogen (secondary N) is 1. The molecule has 2 amide bonds. The van der Waals surface area contributed by atoms with E-state index in [2.05, 4.69) is 5.32 Å². The first-order valence-electron chi connectivity index (χ1n) is 5.34. The Morgan fingerprint density at radius 3 is 2.39 bits per heavy atom. The van der Waals surface area contributed by atoms with Gasteiger partial charge in [0.25, 0.3) is 5.91 Å². The Labute approximate surface area is 105 Å². The molecule has 0 spiro atoms. The molecule has 0 aliphatic heterocycles. The number of benzene rings is 1. The first-order valence-corrected chi connectivity index (χ1v) is 5.34. The van der Waals surface area contributed by atoms with Gasteiger partial charge < -0.3 is 10.1 Å². The number of ether oxygens (including phenoxy) is 1. The van der Waals surface area contributed by atoms with E-state index >= 15 is 0 Å². The van der Waals surface area contributed by atoms with E-state index in [-0.39, 0.29) is 18.4 Å². The summed E-state index contributed by atoms with van der Waals surface area (Å²) in [4.78, 5) is 26.9. The minimum absolute atomic E-state index is 0.107. The Hall–Kier alpha value is -2.08. The van der Waals surface area contributed by atoms with Gasteiger partial charge in [0.2, 0.25) is 5.91 Å². The van der Waals surface area contributed by atoms with E-state index in [9.17, 15) is 9.59 Å². The number of carbonyl (C=O) groups is 2. The molecule has 0 saturated heterocycles. The van der Waals surface area contributed by atoms with Gasteiger partial charge >= 0.3 is 0 Å². The Balaban J connectivity index is 2.49. The highest BCUT2D eigenvalue weighted by atomic mass is 16.7. The smallest absolute Gasteiger partial charge is 0.283 e. The standard InChI is InChI=1S/C12H16N2O4/c1-9(15)13-10-4-6-11(7-5-10)18-8-12(16)14(2)17-3/h4-7H,8H2,1-3H3,(H,13,15). The zero-order valence-electron chi connectivity index (χ0n) is 10.6. The fraction of sp³-hybridized carbons (Fsp3) is 0.333. The van der Waals surface area contributed by atoms with Gasteiger partial charge in [-0.15, -0.1) is 0 Å². The number of carbonyl (C=O) groups excluding carboxylic acids is 2. The van der Waals surface area contributed by atoms with Gasteiger partial charge in [0.15, 0.2) is 6.61 Å². The van der Waals surface area contributed by atoms with Crippen molar-refractivity contribution in [3.05, 3.63) is 24.3 Å². The van der Waals surface area contributed by atoms with E-state index in [0.29, 0.717) is 11.4 Å². The van der Waals surface area contributed by atoms with Crippen LogP contribution in [-0.4, -0.2) is 37.6 Å². The lowest BCUT2D eigenvalue weighted by Gasteiger charge is -2.14. The fourth-order valence-electron chi connectivity index (χ4n) is 1.18. The molecule has 0 heterocycles. The van der Waals surface area contributed by atoms with Gasteiger partial charge in [0, 0.05) is 19.7 Å². The quantitative estimate of drug-likeness (QED) is 0.795. The molecule has 98 valence electrons. The van der Waals surface area contributed by atoms with Crippen LogP contribution in [0, 0.1) is 0 Å². The molecule has 0 atom stereocenters. The second-order valence-corrected chi connectivity index (χ2v) is 3.57. The molecule has 1 rings (SSSR count). The summed E-state index contributed by atoms with van der Waals surface area (Å²) in [5.74, 6) is 0.117. The summed E-state index contributed by atoms with van der Waals surface area (Å²) < 4.78 is 5.27. The third kappa shape index (κ3) is 4.42. The molecule has 0 bridgehead atoms. The van der Waals surface area contributed by atoms with Crippen LogP contribution in [0.4, 0.5) is 5.69 Å². The number of nitrogens with zero attached hydrogens (tertiary/aromatic N) is 1. The van der Waals surface area contributed by atoms with Crippen LogP contribution in [0.1, 0.15) is 6.92 Å². The molecule has 0 aromatic heterocycles. The van der Waals surface area contributed by atoms with E-state index in [4.69, 9.17) is 9.57 Å². The minimum atomic E-state index is -0.288. The molecule has 1 aromatic carbocycles. The van der Waals surface area contributed by atoms with Crippen molar-refractivity contribution in [2.75, 3.05) is 26.1 Å². The number of rotatable bonds is 5. The Bertz CT molecular complexity index is 417. The lowest BCUT2D eigenvalue weighted by Crippen LogP contribution is -2.30. The molecular weight excluding hydrogens is 236 g/mol. The number of anilines is 1. The van der Waals surface area contributed by atoms with Crippen molar-refractivity contribution >= 4 is 17.5 Å². The average Bonchev–Trinajstić information content (AvgIpc) is 2.36. The Morgan fingerprint density at radius 1 is 1.28 bits per heavy atom. The van der Waals surface area contributed by atoms with Crippen molar-refractivity contribution in [2.24, 2.45) is 0 Å². The van der Waals surface area contributed by atoms with Crippen molar-refractivity contribution in [3.8, 4) is 5.75 Å². The van der Waals surface area contributed by atoms with Crippen LogP contribution in [0.25, 0.3) is 0 Å². The summed E-state index contributed by atoms with van der Waals surface area (Å²) in [6.07, 6.45) is 0. The van der Waals surface area contributed by atoms with Gasteiger partial charge in [-0.2, -0.15) is 0 Å². The third-order valence-corrected chi connectivity index (χ3v) is 2.16. The van der Waals surface area contributed by atoms with Gasteiger partial charge in [-0.05, 0) is 24.3 Å². The fourth-order valence-corrected chi connectivity index (χ4v) is 1.18. The molecule has 18 heavy (non-hydrogen) atoms. The summed E-state index contributed by atoms with van der Waals surface area (Å²) >= 11 is 0. The molecule has 0 fully saturated rings. The number of hydroxylamine groups is 2. The maximum atomic E-state index is 11.4. The lowest BCUT2D eigenvalue weighted by atomic mass is 10.3. The van der Waals surface area contributed by atoms with E-state index in [1.807, 2.05) is 0 Å². The van der Waals surface area contributed by atoms with Crippen molar-refractivity contribution in [1.82, 2.24) is 5.06 Å². The molecule has 0 aliphatic carbocycles. The van der Waals surface area contributed by atoms with Crippen LogP contribution in [0.3, 0.4) is 0 Å². The van der Waals surface area contributed by atoms with Gasteiger partial charge in [-0.3, -0.25) is 14.4 Å². The molecule has 6 heteroatoms. The second-order valence-electron chi connectivity index (χ2n) is 3.57. The third-order valence-electron chi connectivity index (χ3n) is 2.16. The number of likely N-dealkylation sites (N-methyl/N-ethyl adjacent to an activating group) is 1. The molecule has 1 N–H and O–H groups in total. The predicted octanol–water partition coefficient (Wildman–Crippen LogP) is 1.04. The molecule has 0 radical (unpaired) electrons. The van der Waals surface area contributed by atoms with Gasteiger partial charge in [-0.25, -0.2) is 5.06 Å². The summed E-state index contributed by atoms with van der Waals surface area (Å²) in [5, 5.41) is 3.72. The SMILES string of the molecule is CON(C)C(=O)COc1ccc(NC(C)=O)cc1. The van der Waals surface area contributed by atoms with Gasteiger partial charge in [0.1, 0.15) is 5.75 Å². The molecule has 0 unspecified atom stereocenters. The maximum absolute atomic E-state index is 11.4. The van der Waals surface area contributed by atoms with Crippen molar-refractivity contribution in [1.29, 1.82) is 0 Å². The zero-order valence-corrected chi connectivity index (χ0v) is 10.6. The van der Waals surface area contributed by atoms with Crippen LogP contribution in [0.2, 0.25) is 0 Å². The first-order chi connectivity index (χ1) is 8.52. The molecule has 6 nitrogen and oxygen atoms in total. The van der Waals surface area contributed by atoms with Crippen LogP contribution in [0.5, 0.6) is 5.75 Å². The highest BCUT2D eigenvalue weighted by molar-refractivity contribution is 5.88. The van der Waals surface area contributed by atoms with Crippen LogP contribution in [-0.2, 0) is 14.4 Å². The molecule has 0 aliphatic rings. The Morgan fingerprint density at radius 2 is 1.89 bits per heavy atom. The monoisotopic (exact) mass is 252 g/mol. The van der Waals surface area contributed by atoms with E-state index in [1.54, 1.807) is 24.3 Å². The highest BCUT2D eigenvalue weighted by Crippen LogP contribution is 2.15. The summed E-state index contributed by atoms with van der Waals surface area (Å²) in [7, 11) is 2.91. The number of hydrogen-bond acceptors (Lipinski definition) is 4. The molecule has 1 aromatic rings. The first kappa shape index (κ1) is 14.0. The minimum Gasteiger partial charge on any atom is -0.484 e. The van der Waals surface area contributed by atoms with Gasteiger partial charge in [-0.1, -0.05) is 0 Å². The summed E-state index contributed by atoms with van der Waals surface area (Å²) in [5.41, 5.74) is 0.676. The predicted molar refractivity (Wildman–Crippen MR) is 66.0 cm³/mol.